The van der Waals surface area contributed by atoms with E-state index in [9.17, 15) is 9.59 Å². The van der Waals surface area contributed by atoms with E-state index in [4.69, 9.17) is 20.9 Å². The number of nitrogens with zero attached hydrogens (tertiary/aromatic N) is 2. The molecule has 9 heteroatoms. The molecule has 3 aromatic rings. The molecule has 1 aromatic heterocycles. The molecule has 0 unspecified atom stereocenters. The van der Waals surface area contributed by atoms with Gasteiger partial charge in [0.05, 0.1) is 11.3 Å². The van der Waals surface area contributed by atoms with Gasteiger partial charge in [-0.2, -0.15) is 4.98 Å². The van der Waals surface area contributed by atoms with E-state index in [2.05, 4.69) is 15.5 Å². The van der Waals surface area contributed by atoms with Crippen molar-refractivity contribution in [3.05, 3.63) is 76.4 Å². The van der Waals surface area contributed by atoms with Gasteiger partial charge in [-0.3, -0.25) is 4.79 Å². The first kappa shape index (κ1) is 20.9. The van der Waals surface area contributed by atoms with Gasteiger partial charge in [0.25, 0.3) is 5.91 Å². The van der Waals surface area contributed by atoms with Crippen LogP contribution < -0.4 is 5.32 Å². The lowest BCUT2D eigenvalue weighted by atomic mass is 10.2. The molecule has 0 saturated heterocycles. The van der Waals surface area contributed by atoms with Gasteiger partial charge < -0.3 is 14.6 Å². The zero-order valence-corrected chi connectivity index (χ0v) is 17.1. The molecule has 0 aliphatic rings. The topological polar surface area (TPSA) is 94.3 Å². The number of nitrogens with one attached hydrogen (secondary N) is 1. The summed E-state index contributed by atoms with van der Waals surface area (Å²) in [5, 5.41) is 6.98. The van der Waals surface area contributed by atoms with Crippen molar-refractivity contribution in [3.63, 3.8) is 0 Å². The summed E-state index contributed by atoms with van der Waals surface area (Å²) in [5.41, 5.74) is 1.15. The van der Waals surface area contributed by atoms with E-state index >= 15 is 0 Å². The number of aryl methyl sites for hydroxylation is 1. The summed E-state index contributed by atoms with van der Waals surface area (Å²) in [4.78, 5) is 29.3. The fourth-order valence-electron chi connectivity index (χ4n) is 2.39. The molecule has 1 N–H and O–H groups in total. The van der Waals surface area contributed by atoms with Gasteiger partial charge >= 0.3 is 5.97 Å². The number of esters is 1. The summed E-state index contributed by atoms with van der Waals surface area (Å²) in [6.45, 7) is 1.61. The third-order valence-corrected chi connectivity index (χ3v) is 5.22. The minimum absolute atomic E-state index is 0.256. The highest BCUT2D eigenvalue weighted by Crippen LogP contribution is 2.26. The highest BCUT2D eigenvalue weighted by Gasteiger charge is 2.16. The van der Waals surface area contributed by atoms with E-state index in [0.717, 1.165) is 5.56 Å². The highest BCUT2D eigenvalue weighted by molar-refractivity contribution is 7.98. The summed E-state index contributed by atoms with van der Waals surface area (Å²) in [6.07, 6.45) is 0. The molecule has 1 amide bonds. The van der Waals surface area contributed by atoms with E-state index in [1.165, 1.54) is 11.8 Å². The third-order valence-electron chi connectivity index (χ3n) is 3.80. The van der Waals surface area contributed by atoms with Crippen LogP contribution in [-0.4, -0.2) is 28.6 Å². The SMILES string of the molecule is Cc1noc(CSc2ccccc2C(=O)OCC(=O)NCc2ccccc2Cl)n1. The molecule has 7 nitrogen and oxygen atoms in total. The normalized spacial score (nSPS) is 10.6. The van der Waals surface area contributed by atoms with Crippen LogP contribution in [-0.2, 0) is 21.8 Å². The van der Waals surface area contributed by atoms with Crippen LogP contribution in [0.15, 0.2) is 57.9 Å². The van der Waals surface area contributed by atoms with Crippen LogP contribution in [0.5, 0.6) is 0 Å². The van der Waals surface area contributed by atoms with Crippen molar-refractivity contribution in [2.24, 2.45) is 0 Å². The van der Waals surface area contributed by atoms with Crippen molar-refractivity contribution in [2.45, 2.75) is 24.1 Å². The lowest BCUT2D eigenvalue weighted by Crippen LogP contribution is -2.28. The van der Waals surface area contributed by atoms with Crippen molar-refractivity contribution in [3.8, 4) is 0 Å². The molecule has 150 valence electrons. The molecule has 0 radical (unpaired) electrons. The molecule has 0 aliphatic heterocycles. The van der Waals surface area contributed by atoms with Crippen LogP contribution in [0.4, 0.5) is 0 Å². The fraction of sp³-hybridized carbons (Fsp3) is 0.200. The van der Waals surface area contributed by atoms with Crippen molar-refractivity contribution in [1.82, 2.24) is 15.5 Å². The van der Waals surface area contributed by atoms with Crippen LogP contribution >= 0.6 is 23.4 Å². The standard InChI is InChI=1S/C20H18ClN3O4S/c1-13-23-19(28-24-13)12-29-17-9-5-3-7-15(17)20(26)27-11-18(25)22-10-14-6-2-4-8-16(14)21/h2-9H,10-12H2,1H3,(H,22,25). The molecule has 2 aromatic carbocycles. The summed E-state index contributed by atoms with van der Waals surface area (Å²) in [5.74, 6) is 0.446. The van der Waals surface area contributed by atoms with Gasteiger partial charge in [0.1, 0.15) is 0 Å². The van der Waals surface area contributed by atoms with Crippen molar-refractivity contribution in [1.29, 1.82) is 0 Å². The first-order valence-electron chi connectivity index (χ1n) is 8.71. The monoisotopic (exact) mass is 431 g/mol. The second kappa shape index (κ2) is 10.1. The van der Waals surface area contributed by atoms with E-state index in [1.807, 2.05) is 24.3 Å². The second-order valence-electron chi connectivity index (χ2n) is 5.96. The maximum absolute atomic E-state index is 12.4. The zero-order chi connectivity index (χ0) is 20.6. The van der Waals surface area contributed by atoms with Crippen molar-refractivity contribution in [2.75, 3.05) is 6.61 Å². The molecule has 0 spiro atoms. The minimum Gasteiger partial charge on any atom is -0.452 e. The lowest BCUT2D eigenvalue weighted by molar-refractivity contribution is -0.124. The summed E-state index contributed by atoms with van der Waals surface area (Å²) in [7, 11) is 0. The first-order valence-corrected chi connectivity index (χ1v) is 10.1. The van der Waals surface area contributed by atoms with Crippen LogP contribution in [0.2, 0.25) is 5.02 Å². The third kappa shape index (κ3) is 6.07. The molecule has 29 heavy (non-hydrogen) atoms. The number of aromatic nitrogens is 2. The van der Waals surface area contributed by atoms with E-state index < -0.39 is 11.9 Å². The Kier molecular flexibility index (Phi) is 7.26. The molecule has 0 aliphatic carbocycles. The highest BCUT2D eigenvalue weighted by atomic mass is 35.5. The molecular formula is C20H18ClN3O4S. The van der Waals surface area contributed by atoms with Crippen LogP contribution in [0, 0.1) is 6.92 Å². The summed E-state index contributed by atoms with van der Waals surface area (Å²) in [6, 6.07) is 14.2. The van der Waals surface area contributed by atoms with Gasteiger partial charge in [-0.05, 0) is 30.7 Å². The zero-order valence-electron chi connectivity index (χ0n) is 15.6. The maximum Gasteiger partial charge on any atom is 0.339 e. The van der Waals surface area contributed by atoms with Gasteiger partial charge in [0.15, 0.2) is 12.4 Å². The predicted octanol–water partition coefficient (Wildman–Crippen LogP) is 3.80. The van der Waals surface area contributed by atoms with Gasteiger partial charge in [-0.1, -0.05) is 47.1 Å². The Bertz CT molecular complexity index is 1010. The number of ether oxygens (including phenoxy) is 1. The molecular weight excluding hydrogens is 414 g/mol. The molecule has 0 bridgehead atoms. The van der Waals surface area contributed by atoms with Crippen LogP contribution in [0.3, 0.4) is 0 Å². The number of hydrogen-bond acceptors (Lipinski definition) is 7. The van der Waals surface area contributed by atoms with Crippen LogP contribution in [0.1, 0.15) is 27.6 Å². The summed E-state index contributed by atoms with van der Waals surface area (Å²) < 4.78 is 10.2. The molecule has 0 atom stereocenters. The van der Waals surface area contributed by atoms with Gasteiger partial charge in [0, 0.05) is 16.5 Å². The molecule has 0 fully saturated rings. The largest absolute Gasteiger partial charge is 0.452 e. The quantitative estimate of drug-likeness (QED) is 0.428. The average Bonchev–Trinajstić information content (AvgIpc) is 3.15. The minimum atomic E-state index is -0.581. The first-order chi connectivity index (χ1) is 14.0. The average molecular weight is 432 g/mol. The number of benzene rings is 2. The second-order valence-corrected chi connectivity index (χ2v) is 7.39. The Labute approximate surface area is 176 Å². The maximum atomic E-state index is 12.4. The van der Waals surface area contributed by atoms with E-state index in [0.29, 0.717) is 32.9 Å². The Balaban J connectivity index is 1.52. The Morgan fingerprint density at radius 3 is 2.69 bits per heavy atom. The Morgan fingerprint density at radius 1 is 1.17 bits per heavy atom. The molecule has 3 rings (SSSR count). The molecule has 0 saturated carbocycles. The number of carbonyl (C=O) groups excluding carboxylic acids is 2. The van der Waals surface area contributed by atoms with Crippen molar-refractivity contribution < 1.29 is 18.8 Å². The Morgan fingerprint density at radius 2 is 1.93 bits per heavy atom. The number of rotatable bonds is 8. The smallest absolute Gasteiger partial charge is 0.339 e. The van der Waals surface area contributed by atoms with Gasteiger partial charge in [-0.25, -0.2) is 4.79 Å². The van der Waals surface area contributed by atoms with E-state index in [1.54, 1.807) is 31.2 Å². The summed E-state index contributed by atoms with van der Waals surface area (Å²) >= 11 is 7.43. The number of hydrogen-bond donors (Lipinski definition) is 1. The van der Waals surface area contributed by atoms with Crippen LogP contribution in [0.25, 0.3) is 0 Å². The predicted molar refractivity (Wildman–Crippen MR) is 109 cm³/mol. The van der Waals surface area contributed by atoms with Gasteiger partial charge in [0.2, 0.25) is 5.89 Å². The van der Waals surface area contributed by atoms with E-state index in [-0.39, 0.29) is 13.2 Å². The number of halogens is 1. The number of amides is 1. The molecule has 1 heterocycles. The lowest BCUT2D eigenvalue weighted by Gasteiger charge is -2.10. The van der Waals surface area contributed by atoms with Gasteiger partial charge in [-0.15, -0.1) is 11.8 Å². The fourth-order valence-corrected chi connectivity index (χ4v) is 3.48. The van der Waals surface area contributed by atoms with Crippen molar-refractivity contribution >= 4 is 35.2 Å². The number of thioether (sulfide) groups is 1. The number of carbonyl (C=O) groups is 2. The Hall–Kier alpha value is -2.84.